The lowest BCUT2D eigenvalue weighted by Gasteiger charge is -2.45. The monoisotopic (exact) mass is 716 g/mol. The molecule has 3 aromatic carbocycles. The van der Waals surface area contributed by atoms with Crippen molar-refractivity contribution < 1.29 is 52.2 Å². The molecule has 278 valence electrons. The zero-order valence-corrected chi connectivity index (χ0v) is 30.2. The summed E-state index contributed by atoms with van der Waals surface area (Å²) in [5.41, 5.74) is 2.86. The minimum atomic E-state index is -1.11. The summed E-state index contributed by atoms with van der Waals surface area (Å²) >= 11 is 0. The second-order valence-corrected chi connectivity index (χ2v) is 14.3. The number of rotatable bonds is 13. The average molecular weight is 717 g/mol. The number of carbonyl (C=O) groups is 1. The molecule has 4 saturated heterocycles. The number of hydrogen-bond acceptors (Lipinski definition) is 11. The fourth-order valence-corrected chi connectivity index (χ4v) is 7.16. The quantitative estimate of drug-likeness (QED) is 0.205. The number of fused-ring (bicyclic) bond motifs is 3. The number of carbonyl (C=O) groups excluding carboxylic acids is 1. The van der Waals surface area contributed by atoms with E-state index in [-0.39, 0.29) is 25.6 Å². The number of methoxy groups -OCH3 is 1. The Morgan fingerprint density at radius 1 is 0.615 bits per heavy atom. The molecule has 4 aliphatic heterocycles. The standard InChI is InChI=1S/C41H48O11/c1-40(2)49-32-30(47-39-37(35(32)50-40)51-41(3,4)52-39)22-21-29(42)31-33(44-23-26-15-9-6-10-16-26)34(45-24-27-17-11-7-12-18-27)36(38(43-5)48-31)46-25-28-19-13-8-14-20-28/h6-22,30-39H,23-25H2,1-5H3/b22-21+/t30-,31-,32+,33-,34+,35+,36-,37-,38+,39-/m1/s1. The molecular formula is C41H48O11. The van der Waals surface area contributed by atoms with E-state index in [1.807, 2.05) is 119 Å². The van der Waals surface area contributed by atoms with E-state index in [2.05, 4.69) is 0 Å². The fourth-order valence-electron chi connectivity index (χ4n) is 7.16. The molecule has 10 atom stereocenters. The van der Waals surface area contributed by atoms with E-state index in [4.69, 9.17) is 47.4 Å². The Kier molecular flexibility index (Phi) is 11.4. The maximum atomic E-state index is 14.4. The third-order valence-electron chi connectivity index (χ3n) is 9.50. The van der Waals surface area contributed by atoms with Crippen LogP contribution in [0.3, 0.4) is 0 Å². The molecule has 0 spiro atoms. The number of hydrogen-bond donors (Lipinski definition) is 0. The summed E-state index contributed by atoms with van der Waals surface area (Å²) < 4.78 is 63.1. The van der Waals surface area contributed by atoms with Crippen molar-refractivity contribution in [3.8, 4) is 0 Å². The molecule has 4 heterocycles. The van der Waals surface area contributed by atoms with Crippen molar-refractivity contribution in [3.05, 3.63) is 120 Å². The van der Waals surface area contributed by atoms with E-state index in [0.29, 0.717) is 0 Å². The minimum Gasteiger partial charge on any atom is -0.368 e. The van der Waals surface area contributed by atoms with Gasteiger partial charge in [0.15, 0.2) is 36.0 Å². The molecule has 0 aliphatic carbocycles. The zero-order chi connectivity index (χ0) is 36.3. The Bertz CT molecular complexity index is 1630. The second kappa shape index (κ2) is 16.0. The van der Waals surface area contributed by atoms with E-state index >= 15 is 0 Å². The highest BCUT2D eigenvalue weighted by Crippen LogP contribution is 2.44. The van der Waals surface area contributed by atoms with Crippen LogP contribution in [0.1, 0.15) is 44.4 Å². The summed E-state index contributed by atoms with van der Waals surface area (Å²) in [6, 6.07) is 29.4. The van der Waals surface area contributed by atoms with E-state index in [1.165, 1.54) is 13.2 Å². The van der Waals surface area contributed by atoms with Crippen molar-refractivity contribution in [3.63, 3.8) is 0 Å². The van der Waals surface area contributed by atoms with Crippen molar-refractivity contribution in [2.75, 3.05) is 7.11 Å². The Morgan fingerprint density at radius 2 is 1.10 bits per heavy atom. The Balaban J connectivity index is 1.17. The first-order chi connectivity index (χ1) is 25.1. The van der Waals surface area contributed by atoms with Crippen LogP contribution in [-0.4, -0.2) is 85.9 Å². The summed E-state index contributed by atoms with van der Waals surface area (Å²) in [7, 11) is 1.52. The van der Waals surface area contributed by atoms with Gasteiger partial charge in [-0.3, -0.25) is 4.79 Å². The van der Waals surface area contributed by atoms with Crippen LogP contribution >= 0.6 is 0 Å². The highest BCUT2D eigenvalue weighted by Gasteiger charge is 2.60. The maximum absolute atomic E-state index is 14.4. The van der Waals surface area contributed by atoms with Crippen LogP contribution in [0.4, 0.5) is 0 Å². The van der Waals surface area contributed by atoms with Crippen molar-refractivity contribution >= 4 is 5.78 Å². The molecule has 0 saturated carbocycles. The summed E-state index contributed by atoms with van der Waals surface area (Å²) in [4.78, 5) is 14.4. The first-order valence-electron chi connectivity index (χ1n) is 17.8. The van der Waals surface area contributed by atoms with E-state index in [9.17, 15) is 4.79 Å². The van der Waals surface area contributed by atoms with E-state index in [1.54, 1.807) is 6.08 Å². The lowest BCUT2D eigenvalue weighted by atomic mass is 9.93. The summed E-state index contributed by atoms with van der Waals surface area (Å²) in [6.45, 7) is 8.07. The summed E-state index contributed by atoms with van der Waals surface area (Å²) in [5.74, 6) is -2.11. The molecule has 7 rings (SSSR count). The minimum absolute atomic E-state index is 0.211. The Labute approximate surface area is 305 Å². The largest absolute Gasteiger partial charge is 0.368 e. The van der Waals surface area contributed by atoms with Gasteiger partial charge in [-0.05, 0) is 56.5 Å². The van der Waals surface area contributed by atoms with Crippen LogP contribution in [0.15, 0.2) is 103 Å². The normalized spacial score (nSPS) is 33.5. The zero-order valence-electron chi connectivity index (χ0n) is 30.2. The molecule has 4 aliphatic rings. The van der Waals surface area contributed by atoms with Crippen LogP contribution in [0, 0.1) is 0 Å². The number of ether oxygens (including phenoxy) is 10. The predicted molar refractivity (Wildman–Crippen MR) is 187 cm³/mol. The summed E-state index contributed by atoms with van der Waals surface area (Å²) in [5, 5.41) is 0. The first kappa shape index (κ1) is 37.0. The van der Waals surface area contributed by atoms with Gasteiger partial charge in [-0.1, -0.05) is 91.0 Å². The highest BCUT2D eigenvalue weighted by atomic mass is 16.9. The molecule has 0 aromatic heterocycles. The molecule has 3 aromatic rings. The highest BCUT2D eigenvalue weighted by molar-refractivity contribution is 5.94. The van der Waals surface area contributed by atoms with Gasteiger partial charge >= 0.3 is 0 Å². The van der Waals surface area contributed by atoms with Gasteiger partial charge in [0.05, 0.1) is 19.8 Å². The van der Waals surface area contributed by atoms with Gasteiger partial charge in [-0.15, -0.1) is 0 Å². The van der Waals surface area contributed by atoms with Gasteiger partial charge < -0.3 is 47.4 Å². The average Bonchev–Trinajstić information content (AvgIpc) is 3.65. The molecule has 4 fully saturated rings. The molecule has 0 N–H and O–H groups in total. The topological polar surface area (TPSA) is 109 Å². The number of benzene rings is 3. The van der Waals surface area contributed by atoms with Gasteiger partial charge in [-0.25, -0.2) is 0 Å². The Hall–Kier alpha value is -3.33. The van der Waals surface area contributed by atoms with Crippen molar-refractivity contribution in [1.82, 2.24) is 0 Å². The van der Waals surface area contributed by atoms with E-state index in [0.717, 1.165) is 16.7 Å². The van der Waals surface area contributed by atoms with Crippen molar-refractivity contribution in [2.45, 2.75) is 121 Å². The van der Waals surface area contributed by atoms with Gasteiger partial charge in [0, 0.05) is 7.11 Å². The fraction of sp³-hybridized carbons (Fsp3) is 0.488. The molecule has 52 heavy (non-hydrogen) atoms. The SMILES string of the molecule is CO[C@H]1O[C@H](C(=O)/C=C/[C@H]2O[C@@H]3OC(C)(C)O[C@@H]3[C@H]3OC(C)(C)O[C@H]32)[C@@H](OCc2ccccc2)[C@H](OCc2ccccc2)[C@H]1OCc1ccccc1. The molecule has 11 nitrogen and oxygen atoms in total. The molecule has 0 amide bonds. The van der Waals surface area contributed by atoms with Crippen molar-refractivity contribution in [1.29, 1.82) is 0 Å². The molecule has 0 unspecified atom stereocenters. The van der Waals surface area contributed by atoms with Crippen LogP contribution in [0.2, 0.25) is 0 Å². The lowest BCUT2D eigenvalue weighted by molar-refractivity contribution is -0.310. The van der Waals surface area contributed by atoms with Crippen LogP contribution in [0.25, 0.3) is 0 Å². The molecule has 0 bridgehead atoms. The van der Waals surface area contributed by atoms with Gasteiger partial charge in [-0.2, -0.15) is 0 Å². The summed E-state index contributed by atoms with van der Waals surface area (Å²) in [6.07, 6.45) is -4.19. The smallest absolute Gasteiger partial charge is 0.190 e. The third-order valence-corrected chi connectivity index (χ3v) is 9.50. The lowest BCUT2D eigenvalue weighted by Crippen LogP contribution is -2.62. The number of ketones is 1. The van der Waals surface area contributed by atoms with Crippen LogP contribution in [0.5, 0.6) is 0 Å². The molecule has 0 radical (unpaired) electrons. The van der Waals surface area contributed by atoms with Crippen LogP contribution in [-0.2, 0) is 72.0 Å². The van der Waals surface area contributed by atoms with Gasteiger partial charge in [0.2, 0.25) is 0 Å². The van der Waals surface area contributed by atoms with E-state index < -0.39 is 73.0 Å². The second-order valence-electron chi connectivity index (χ2n) is 14.3. The predicted octanol–water partition coefficient (Wildman–Crippen LogP) is 5.64. The van der Waals surface area contributed by atoms with Gasteiger partial charge in [0.1, 0.15) is 42.7 Å². The van der Waals surface area contributed by atoms with Gasteiger partial charge in [0.25, 0.3) is 0 Å². The molecule has 11 heteroatoms. The van der Waals surface area contributed by atoms with Crippen molar-refractivity contribution in [2.24, 2.45) is 0 Å². The molecular weight excluding hydrogens is 668 g/mol. The van der Waals surface area contributed by atoms with Crippen LogP contribution < -0.4 is 0 Å². The third kappa shape index (κ3) is 8.55. The maximum Gasteiger partial charge on any atom is 0.190 e. The first-order valence-corrected chi connectivity index (χ1v) is 17.8. The Morgan fingerprint density at radius 3 is 1.65 bits per heavy atom.